The number of carboxylic acids is 1. The molecule has 1 aliphatic heterocycles. The van der Waals surface area contributed by atoms with Gasteiger partial charge in [0, 0.05) is 20.2 Å². The van der Waals surface area contributed by atoms with Gasteiger partial charge in [-0.05, 0) is 31.0 Å². The van der Waals surface area contributed by atoms with Crippen molar-refractivity contribution in [1.82, 2.24) is 4.98 Å². The van der Waals surface area contributed by atoms with Gasteiger partial charge in [-0.25, -0.2) is 9.78 Å². The molecule has 6 heteroatoms. The highest BCUT2D eigenvalue weighted by Gasteiger charge is 2.21. The average molecular weight is 292 g/mol. The lowest BCUT2D eigenvalue weighted by Gasteiger charge is -2.30. The Hall–Kier alpha value is -1.66. The number of hydrogen-bond acceptors (Lipinski definition) is 5. The van der Waals surface area contributed by atoms with Crippen molar-refractivity contribution >= 4 is 32.7 Å². The van der Waals surface area contributed by atoms with Crippen LogP contribution in [0.25, 0.3) is 10.2 Å². The molecule has 1 aromatic carbocycles. The molecular formula is C14H16N2O3S. The first kappa shape index (κ1) is 13.3. The smallest absolute Gasteiger partial charge is 0.335 e. The number of hydrogen-bond donors (Lipinski definition) is 1. The van der Waals surface area contributed by atoms with Gasteiger partial charge in [0.1, 0.15) is 0 Å². The molecule has 1 N–H and O–H groups in total. The van der Waals surface area contributed by atoms with Crippen LogP contribution in [0.4, 0.5) is 5.13 Å². The van der Waals surface area contributed by atoms with Gasteiger partial charge in [-0.3, -0.25) is 0 Å². The summed E-state index contributed by atoms with van der Waals surface area (Å²) in [6.07, 6.45) is 2.36. The number of piperidine rings is 1. The Kier molecular flexibility index (Phi) is 3.58. The highest BCUT2D eigenvalue weighted by atomic mass is 32.1. The van der Waals surface area contributed by atoms with Gasteiger partial charge in [-0.15, -0.1) is 0 Å². The Balaban J connectivity index is 1.84. The van der Waals surface area contributed by atoms with Crippen LogP contribution in [-0.2, 0) is 4.74 Å². The van der Waals surface area contributed by atoms with Crippen LogP contribution >= 0.6 is 11.3 Å². The maximum absolute atomic E-state index is 11.0. The number of methoxy groups -OCH3 is 1. The van der Waals surface area contributed by atoms with E-state index in [0.29, 0.717) is 6.10 Å². The fraction of sp³-hybridized carbons (Fsp3) is 0.429. The summed E-state index contributed by atoms with van der Waals surface area (Å²) < 4.78 is 6.39. The fourth-order valence-electron chi connectivity index (χ4n) is 2.47. The number of anilines is 1. The summed E-state index contributed by atoms with van der Waals surface area (Å²) in [7, 11) is 1.76. The third-order valence-electron chi connectivity index (χ3n) is 3.67. The number of nitrogens with zero attached hydrogens (tertiary/aromatic N) is 2. The van der Waals surface area contributed by atoms with Crippen molar-refractivity contribution in [3.05, 3.63) is 23.8 Å². The zero-order valence-corrected chi connectivity index (χ0v) is 12.0. The molecule has 0 unspecified atom stereocenters. The number of ether oxygens (including phenoxy) is 1. The molecular weight excluding hydrogens is 276 g/mol. The molecule has 106 valence electrons. The van der Waals surface area contributed by atoms with Gasteiger partial charge in [0.2, 0.25) is 0 Å². The summed E-state index contributed by atoms with van der Waals surface area (Å²) in [5.41, 5.74) is 1.05. The number of aromatic carboxylic acids is 1. The molecule has 2 heterocycles. The molecule has 1 aromatic heterocycles. The molecule has 5 nitrogen and oxygen atoms in total. The minimum absolute atomic E-state index is 0.285. The molecule has 0 aliphatic carbocycles. The van der Waals surface area contributed by atoms with E-state index in [1.54, 1.807) is 30.6 Å². The molecule has 0 atom stereocenters. The second-order valence-corrected chi connectivity index (χ2v) is 5.92. The Morgan fingerprint density at radius 3 is 2.85 bits per heavy atom. The third-order valence-corrected chi connectivity index (χ3v) is 4.77. The predicted octanol–water partition coefficient (Wildman–Crippen LogP) is 2.61. The normalized spacial score (nSPS) is 16.8. The van der Waals surface area contributed by atoms with Crippen LogP contribution in [0.3, 0.4) is 0 Å². The van der Waals surface area contributed by atoms with Crippen LogP contribution < -0.4 is 4.90 Å². The van der Waals surface area contributed by atoms with E-state index < -0.39 is 5.97 Å². The molecule has 2 aromatic rings. The van der Waals surface area contributed by atoms with Crippen molar-refractivity contribution in [3.63, 3.8) is 0 Å². The van der Waals surface area contributed by atoms with Gasteiger partial charge in [0.25, 0.3) is 0 Å². The molecule has 0 radical (unpaired) electrons. The van der Waals surface area contributed by atoms with E-state index in [1.807, 2.05) is 6.07 Å². The molecule has 0 bridgehead atoms. The highest BCUT2D eigenvalue weighted by molar-refractivity contribution is 7.22. The summed E-state index contributed by atoms with van der Waals surface area (Å²) in [6, 6.07) is 5.10. The van der Waals surface area contributed by atoms with Crippen molar-refractivity contribution in [3.8, 4) is 0 Å². The average Bonchev–Trinajstić information content (AvgIpc) is 2.90. The number of fused-ring (bicyclic) bond motifs is 1. The quantitative estimate of drug-likeness (QED) is 0.942. The van der Waals surface area contributed by atoms with Gasteiger partial charge in [-0.2, -0.15) is 0 Å². The SMILES string of the molecule is COC1CCN(c2nc3cc(C(=O)O)ccc3s2)CC1. The lowest BCUT2D eigenvalue weighted by molar-refractivity contribution is 0.0697. The van der Waals surface area contributed by atoms with Crippen LogP contribution in [0.2, 0.25) is 0 Å². The van der Waals surface area contributed by atoms with E-state index >= 15 is 0 Å². The van der Waals surface area contributed by atoms with E-state index in [0.717, 1.165) is 41.3 Å². The molecule has 0 spiro atoms. The van der Waals surface area contributed by atoms with E-state index in [4.69, 9.17) is 9.84 Å². The van der Waals surface area contributed by atoms with Crippen LogP contribution in [0.15, 0.2) is 18.2 Å². The van der Waals surface area contributed by atoms with Gasteiger partial charge < -0.3 is 14.7 Å². The maximum Gasteiger partial charge on any atom is 0.335 e. The number of thiazole rings is 1. The number of aromatic nitrogens is 1. The molecule has 1 fully saturated rings. The largest absolute Gasteiger partial charge is 0.478 e. The van der Waals surface area contributed by atoms with Crippen LogP contribution in [0, 0.1) is 0 Å². The second-order valence-electron chi connectivity index (χ2n) is 4.91. The zero-order chi connectivity index (χ0) is 14.1. The van der Waals surface area contributed by atoms with Gasteiger partial charge >= 0.3 is 5.97 Å². The Morgan fingerprint density at radius 2 is 2.20 bits per heavy atom. The van der Waals surface area contributed by atoms with Crippen molar-refractivity contribution in [2.24, 2.45) is 0 Å². The maximum atomic E-state index is 11.0. The number of carbonyl (C=O) groups is 1. The predicted molar refractivity (Wildman–Crippen MR) is 78.8 cm³/mol. The molecule has 20 heavy (non-hydrogen) atoms. The van der Waals surface area contributed by atoms with Gasteiger partial charge in [-0.1, -0.05) is 11.3 Å². The first-order chi connectivity index (χ1) is 9.67. The minimum Gasteiger partial charge on any atom is -0.478 e. The first-order valence-corrected chi connectivity index (χ1v) is 7.40. The summed E-state index contributed by atoms with van der Waals surface area (Å²) in [4.78, 5) is 17.8. The lowest BCUT2D eigenvalue weighted by atomic mass is 10.1. The number of rotatable bonds is 3. The van der Waals surface area contributed by atoms with E-state index in [-0.39, 0.29) is 5.56 Å². The number of carboxylic acid groups (broad SMARTS) is 1. The standard InChI is InChI=1S/C14H16N2O3S/c1-19-10-4-6-16(7-5-10)14-15-11-8-9(13(17)18)2-3-12(11)20-14/h2-3,8,10H,4-7H2,1H3,(H,17,18). The summed E-state index contributed by atoms with van der Waals surface area (Å²) >= 11 is 1.61. The molecule has 0 amide bonds. The Bertz CT molecular complexity index is 632. The van der Waals surface area contributed by atoms with Crippen molar-refractivity contribution in [2.75, 3.05) is 25.1 Å². The summed E-state index contributed by atoms with van der Waals surface area (Å²) in [5, 5.41) is 9.98. The Labute approximate surface area is 120 Å². The molecule has 0 saturated carbocycles. The molecule has 1 saturated heterocycles. The monoisotopic (exact) mass is 292 g/mol. The van der Waals surface area contributed by atoms with Crippen LogP contribution in [0.5, 0.6) is 0 Å². The fourth-order valence-corrected chi connectivity index (χ4v) is 3.46. The van der Waals surface area contributed by atoms with Crippen LogP contribution in [0.1, 0.15) is 23.2 Å². The molecule has 1 aliphatic rings. The zero-order valence-electron chi connectivity index (χ0n) is 11.2. The summed E-state index contributed by atoms with van der Waals surface area (Å²) in [6.45, 7) is 1.87. The third kappa shape index (κ3) is 2.48. The number of benzene rings is 1. The molecule has 3 rings (SSSR count). The second kappa shape index (κ2) is 5.38. The van der Waals surface area contributed by atoms with Crippen molar-refractivity contribution in [2.45, 2.75) is 18.9 Å². The van der Waals surface area contributed by atoms with E-state index in [9.17, 15) is 4.79 Å². The van der Waals surface area contributed by atoms with Crippen LogP contribution in [-0.4, -0.2) is 42.4 Å². The summed E-state index contributed by atoms with van der Waals surface area (Å²) in [5.74, 6) is -0.914. The topological polar surface area (TPSA) is 62.7 Å². The van der Waals surface area contributed by atoms with Crippen molar-refractivity contribution < 1.29 is 14.6 Å². The first-order valence-electron chi connectivity index (χ1n) is 6.59. The van der Waals surface area contributed by atoms with E-state index in [1.165, 1.54) is 0 Å². The minimum atomic E-state index is -0.914. The lowest BCUT2D eigenvalue weighted by Crippen LogP contribution is -2.36. The Morgan fingerprint density at radius 1 is 1.45 bits per heavy atom. The van der Waals surface area contributed by atoms with Gasteiger partial charge in [0.15, 0.2) is 5.13 Å². The highest BCUT2D eigenvalue weighted by Crippen LogP contribution is 2.31. The van der Waals surface area contributed by atoms with Gasteiger partial charge in [0.05, 0.1) is 21.9 Å². The van der Waals surface area contributed by atoms with Crippen molar-refractivity contribution in [1.29, 1.82) is 0 Å². The van der Waals surface area contributed by atoms with E-state index in [2.05, 4.69) is 9.88 Å².